The van der Waals surface area contributed by atoms with Crippen molar-refractivity contribution < 1.29 is 9.90 Å². The van der Waals surface area contributed by atoms with Gasteiger partial charge in [0.25, 0.3) is 5.91 Å². The summed E-state index contributed by atoms with van der Waals surface area (Å²) in [6, 6.07) is 12.3. The number of rotatable bonds is 4. The summed E-state index contributed by atoms with van der Waals surface area (Å²) in [4.78, 5) is 12.4. The molecule has 0 heterocycles. The molecule has 5 heteroatoms. The standard InChI is InChI=1S/C16H16N2O2S/c1-10-2-7-14(19)13(8-10)16(20)18-9-11-3-5-12(6-4-11)15(17)21/h2-8,19H,9H2,1H3,(H2,17,21)(H,18,20). The molecule has 108 valence electrons. The Labute approximate surface area is 128 Å². The second-order valence-electron chi connectivity index (χ2n) is 4.76. The van der Waals surface area contributed by atoms with Crippen molar-refractivity contribution in [3.63, 3.8) is 0 Å². The average Bonchev–Trinajstić information content (AvgIpc) is 2.47. The van der Waals surface area contributed by atoms with Gasteiger partial charge in [-0.15, -0.1) is 0 Å². The summed E-state index contributed by atoms with van der Waals surface area (Å²) in [6.45, 7) is 2.23. The second-order valence-corrected chi connectivity index (χ2v) is 5.20. The van der Waals surface area contributed by atoms with Gasteiger partial charge < -0.3 is 16.2 Å². The molecule has 2 rings (SSSR count). The zero-order valence-electron chi connectivity index (χ0n) is 11.6. The van der Waals surface area contributed by atoms with Gasteiger partial charge in [0.2, 0.25) is 0 Å². The summed E-state index contributed by atoms with van der Waals surface area (Å²) < 4.78 is 0. The summed E-state index contributed by atoms with van der Waals surface area (Å²) in [5.74, 6) is -0.337. The number of carbonyl (C=O) groups is 1. The number of carbonyl (C=O) groups excluding carboxylic acids is 1. The predicted molar refractivity (Wildman–Crippen MR) is 86.3 cm³/mol. The lowest BCUT2D eigenvalue weighted by atomic mass is 10.1. The molecule has 0 unspecified atom stereocenters. The number of nitrogens with one attached hydrogen (secondary N) is 1. The minimum atomic E-state index is -0.311. The highest BCUT2D eigenvalue weighted by Crippen LogP contribution is 2.18. The Hall–Kier alpha value is -2.40. The Morgan fingerprint density at radius 1 is 1.24 bits per heavy atom. The first-order valence-corrected chi connectivity index (χ1v) is 6.85. The van der Waals surface area contributed by atoms with Crippen LogP contribution in [0.1, 0.15) is 27.0 Å². The highest BCUT2D eigenvalue weighted by Gasteiger charge is 2.10. The van der Waals surface area contributed by atoms with E-state index in [1.807, 2.05) is 31.2 Å². The van der Waals surface area contributed by atoms with Gasteiger partial charge in [-0.25, -0.2) is 0 Å². The molecular weight excluding hydrogens is 284 g/mol. The van der Waals surface area contributed by atoms with Crippen LogP contribution in [0.2, 0.25) is 0 Å². The molecule has 0 atom stereocenters. The van der Waals surface area contributed by atoms with Crippen molar-refractivity contribution in [2.45, 2.75) is 13.5 Å². The van der Waals surface area contributed by atoms with Crippen LogP contribution in [-0.2, 0) is 6.54 Å². The molecule has 4 nitrogen and oxygen atoms in total. The Bertz CT molecular complexity index is 681. The topological polar surface area (TPSA) is 75.3 Å². The lowest BCUT2D eigenvalue weighted by molar-refractivity contribution is 0.0948. The lowest BCUT2D eigenvalue weighted by Crippen LogP contribution is -2.23. The van der Waals surface area contributed by atoms with E-state index >= 15 is 0 Å². The molecule has 0 aromatic heterocycles. The van der Waals surface area contributed by atoms with Gasteiger partial charge in [0.15, 0.2) is 0 Å². The fourth-order valence-corrected chi connectivity index (χ4v) is 2.03. The predicted octanol–water partition coefficient (Wildman–Crippen LogP) is 2.26. The molecular formula is C16H16N2O2S. The molecule has 0 aliphatic heterocycles. The van der Waals surface area contributed by atoms with Crippen LogP contribution in [0.25, 0.3) is 0 Å². The normalized spacial score (nSPS) is 10.1. The molecule has 0 radical (unpaired) electrons. The van der Waals surface area contributed by atoms with Gasteiger partial charge in [0, 0.05) is 12.1 Å². The van der Waals surface area contributed by atoms with E-state index in [2.05, 4.69) is 5.32 Å². The fraction of sp³-hybridized carbons (Fsp3) is 0.125. The van der Waals surface area contributed by atoms with Crippen LogP contribution in [-0.4, -0.2) is 16.0 Å². The number of nitrogens with two attached hydrogens (primary N) is 1. The number of aryl methyl sites for hydroxylation is 1. The van der Waals surface area contributed by atoms with Crippen molar-refractivity contribution in [1.82, 2.24) is 5.32 Å². The van der Waals surface area contributed by atoms with Crippen LogP contribution in [0.15, 0.2) is 42.5 Å². The Kier molecular flexibility index (Phi) is 4.55. The summed E-state index contributed by atoms with van der Waals surface area (Å²) in [5.41, 5.74) is 8.43. The number of aromatic hydroxyl groups is 1. The van der Waals surface area contributed by atoms with E-state index in [1.54, 1.807) is 12.1 Å². The maximum atomic E-state index is 12.1. The quantitative estimate of drug-likeness (QED) is 0.757. The van der Waals surface area contributed by atoms with Crippen LogP contribution in [0, 0.1) is 6.92 Å². The number of hydrogen-bond acceptors (Lipinski definition) is 3. The average molecular weight is 300 g/mol. The van der Waals surface area contributed by atoms with Crippen LogP contribution < -0.4 is 11.1 Å². The van der Waals surface area contributed by atoms with E-state index in [0.717, 1.165) is 16.7 Å². The molecule has 2 aromatic rings. The molecule has 21 heavy (non-hydrogen) atoms. The largest absolute Gasteiger partial charge is 0.507 e. The monoisotopic (exact) mass is 300 g/mol. The number of benzene rings is 2. The molecule has 0 bridgehead atoms. The number of phenolic OH excluding ortho intramolecular Hbond substituents is 1. The van der Waals surface area contributed by atoms with Crippen LogP contribution >= 0.6 is 12.2 Å². The number of amides is 1. The molecule has 0 aliphatic rings. The minimum Gasteiger partial charge on any atom is -0.507 e. The van der Waals surface area contributed by atoms with Gasteiger partial charge in [-0.1, -0.05) is 48.1 Å². The van der Waals surface area contributed by atoms with Gasteiger partial charge in [-0.3, -0.25) is 4.79 Å². The molecule has 4 N–H and O–H groups in total. The zero-order chi connectivity index (χ0) is 15.4. The van der Waals surface area contributed by atoms with Gasteiger partial charge in [0.05, 0.1) is 5.56 Å². The van der Waals surface area contributed by atoms with E-state index in [9.17, 15) is 9.90 Å². The molecule has 0 aliphatic carbocycles. The van der Waals surface area contributed by atoms with E-state index in [4.69, 9.17) is 18.0 Å². The molecule has 1 amide bonds. The van der Waals surface area contributed by atoms with Gasteiger partial charge in [-0.2, -0.15) is 0 Å². The van der Waals surface area contributed by atoms with Crippen molar-refractivity contribution in [2.24, 2.45) is 5.73 Å². The van der Waals surface area contributed by atoms with Crippen molar-refractivity contribution in [3.05, 3.63) is 64.7 Å². The summed E-state index contributed by atoms with van der Waals surface area (Å²) in [5, 5.41) is 12.5. The first kappa shape index (κ1) is 15.0. The van der Waals surface area contributed by atoms with Crippen LogP contribution in [0.5, 0.6) is 5.75 Å². The highest BCUT2D eigenvalue weighted by molar-refractivity contribution is 7.80. The minimum absolute atomic E-state index is 0.0260. The second kappa shape index (κ2) is 6.37. The van der Waals surface area contributed by atoms with Crippen molar-refractivity contribution in [1.29, 1.82) is 0 Å². The molecule has 0 saturated carbocycles. The third-order valence-corrected chi connectivity index (χ3v) is 3.32. The maximum Gasteiger partial charge on any atom is 0.255 e. The summed E-state index contributed by atoms with van der Waals surface area (Å²) in [7, 11) is 0. The van der Waals surface area contributed by atoms with E-state index in [-0.39, 0.29) is 17.2 Å². The Morgan fingerprint density at radius 2 is 1.90 bits per heavy atom. The zero-order valence-corrected chi connectivity index (χ0v) is 12.4. The number of hydrogen-bond donors (Lipinski definition) is 3. The third kappa shape index (κ3) is 3.79. The van der Waals surface area contributed by atoms with Crippen molar-refractivity contribution in [3.8, 4) is 5.75 Å². The Morgan fingerprint density at radius 3 is 2.52 bits per heavy atom. The van der Waals surface area contributed by atoms with Gasteiger partial charge >= 0.3 is 0 Å². The van der Waals surface area contributed by atoms with E-state index < -0.39 is 0 Å². The van der Waals surface area contributed by atoms with Crippen LogP contribution in [0.4, 0.5) is 0 Å². The summed E-state index contributed by atoms with van der Waals surface area (Å²) >= 11 is 4.88. The number of phenols is 1. The molecule has 0 saturated heterocycles. The lowest BCUT2D eigenvalue weighted by Gasteiger charge is -2.08. The first-order chi connectivity index (χ1) is 9.97. The highest BCUT2D eigenvalue weighted by atomic mass is 32.1. The smallest absolute Gasteiger partial charge is 0.255 e. The van der Waals surface area contributed by atoms with Crippen molar-refractivity contribution in [2.75, 3.05) is 0 Å². The van der Waals surface area contributed by atoms with Crippen LogP contribution in [0.3, 0.4) is 0 Å². The molecule has 2 aromatic carbocycles. The SMILES string of the molecule is Cc1ccc(O)c(C(=O)NCc2ccc(C(N)=S)cc2)c1. The van der Waals surface area contributed by atoms with Gasteiger partial charge in [-0.05, 0) is 24.6 Å². The molecule has 0 fully saturated rings. The van der Waals surface area contributed by atoms with E-state index in [1.165, 1.54) is 6.07 Å². The third-order valence-electron chi connectivity index (χ3n) is 3.09. The van der Waals surface area contributed by atoms with E-state index in [0.29, 0.717) is 11.5 Å². The first-order valence-electron chi connectivity index (χ1n) is 6.44. The van der Waals surface area contributed by atoms with Gasteiger partial charge in [0.1, 0.15) is 10.7 Å². The number of thiocarbonyl (C=S) groups is 1. The maximum absolute atomic E-state index is 12.1. The Balaban J connectivity index is 2.04. The summed E-state index contributed by atoms with van der Waals surface area (Å²) in [6.07, 6.45) is 0. The molecule has 0 spiro atoms. The van der Waals surface area contributed by atoms with Crippen molar-refractivity contribution >= 4 is 23.1 Å². The fourth-order valence-electron chi connectivity index (χ4n) is 1.90.